The molecule has 2 aromatic rings. The highest BCUT2D eigenvalue weighted by Crippen LogP contribution is 2.23. The first-order valence-electron chi connectivity index (χ1n) is 12.7. The van der Waals surface area contributed by atoms with Crippen LogP contribution in [0.2, 0.25) is 0 Å². The molecule has 0 unspecified atom stereocenters. The van der Waals surface area contributed by atoms with Crippen molar-refractivity contribution in [2.45, 2.75) is 56.8 Å². The minimum Gasteiger partial charge on any atom is -0.480 e. The standard InChI is InChI=1S/C15H22N2O2.C13H18N2O2/c1-2-19-14(18)15(16)8-10-17(11-9-15)12-13-6-4-3-5-7-13;14-13(12(16)17)6-8-15(9-7-13)10-11-4-2-1-3-5-11/h3-7H,2,8-12,16H2,1H3;1-5H,6-10,14H2,(H,16,17). The molecule has 8 nitrogen and oxygen atoms in total. The summed E-state index contributed by atoms with van der Waals surface area (Å²) in [6.45, 7) is 7.16. The average Bonchev–Trinajstić information content (AvgIpc) is 2.89. The Labute approximate surface area is 214 Å². The Morgan fingerprint density at radius 2 is 1.17 bits per heavy atom. The van der Waals surface area contributed by atoms with E-state index in [0.29, 0.717) is 32.3 Å². The van der Waals surface area contributed by atoms with Gasteiger partial charge in [0.05, 0.1) is 6.61 Å². The first-order chi connectivity index (χ1) is 17.2. The lowest BCUT2D eigenvalue weighted by atomic mass is 9.88. The third-order valence-electron chi connectivity index (χ3n) is 7.10. The zero-order valence-corrected chi connectivity index (χ0v) is 21.3. The summed E-state index contributed by atoms with van der Waals surface area (Å²) in [5.41, 5.74) is 12.7. The molecule has 0 saturated carbocycles. The van der Waals surface area contributed by atoms with Crippen molar-refractivity contribution in [3.8, 4) is 0 Å². The number of likely N-dealkylation sites (tertiary alicyclic amines) is 2. The maximum atomic E-state index is 11.8. The number of carbonyl (C=O) groups excluding carboxylic acids is 1. The third-order valence-corrected chi connectivity index (χ3v) is 7.10. The molecule has 2 heterocycles. The van der Waals surface area contributed by atoms with Gasteiger partial charge in [-0.05, 0) is 43.7 Å². The normalized spacial score (nSPS) is 19.5. The van der Waals surface area contributed by atoms with Crippen molar-refractivity contribution in [3.05, 3.63) is 71.8 Å². The summed E-state index contributed by atoms with van der Waals surface area (Å²) in [6.07, 6.45) is 2.38. The molecule has 8 heteroatoms. The lowest BCUT2D eigenvalue weighted by molar-refractivity contribution is -0.151. The van der Waals surface area contributed by atoms with E-state index in [9.17, 15) is 9.59 Å². The Balaban J connectivity index is 0.000000202. The lowest BCUT2D eigenvalue weighted by Crippen LogP contribution is -2.56. The number of benzene rings is 2. The maximum Gasteiger partial charge on any atom is 0.326 e. The van der Waals surface area contributed by atoms with Crippen LogP contribution >= 0.6 is 0 Å². The molecule has 0 aliphatic carbocycles. The van der Waals surface area contributed by atoms with E-state index in [4.69, 9.17) is 21.3 Å². The summed E-state index contributed by atoms with van der Waals surface area (Å²) in [7, 11) is 0. The minimum atomic E-state index is -1.02. The first kappa shape index (κ1) is 27.8. The fraction of sp³-hybridized carbons (Fsp3) is 0.500. The van der Waals surface area contributed by atoms with Crippen molar-refractivity contribution < 1.29 is 19.4 Å². The van der Waals surface area contributed by atoms with Crippen molar-refractivity contribution in [3.63, 3.8) is 0 Å². The SMILES string of the molecule is CCOC(=O)C1(N)CCN(Cc2ccccc2)CC1.NC1(C(=O)O)CCN(Cc2ccccc2)CC1. The van der Waals surface area contributed by atoms with E-state index in [2.05, 4.69) is 34.1 Å². The Morgan fingerprint density at radius 3 is 1.53 bits per heavy atom. The van der Waals surface area contributed by atoms with Crippen LogP contribution in [0.3, 0.4) is 0 Å². The highest BCUT2D eigenvalue weighted by molar-refractivity contribution is 5.80. The molecule has 2 saturated heterocycles. The molecule has 0 spiro atoms. The van der Waals surface area contributed by atoms with Gasteiger partial charge in [-0.25, -0.2) is 0 Å². The van der Waals surface area contributed by atoms with E-state index in [1.54, 1.807) is 0 Å². The fourth-order valence-corrected chi connectivity index (χ4v) is 4.60. The summed E-state index contributed by atoms with van der Waals surface area (Å²) in [5.74, 6) is -1.13. The number of carboxylic acids is 1. The Morgan fingerprint density at radius 1 is 0.778 bits per heavy atom. The predicted octanol–water partition coefficient (Wildman–Crippen LogP) is 2.61. The number of hydrogen-bond acceptors (Lipinski definition) is 7. The molecule has 2 aromatic carbocycles. The Kier molecular flexibility index (Phi) is 10.0. The van der Waals surface area contributed by atoms with E-state index in [1.807, 2.05) is 43.3 Å². The number of rotatable bonds is 7. The largest absolute Gasteiger partial charge is 0.480 e. The summed E-state index contributed by atoms with van der Waals surface area (Å²) >= 11 is 0. The minimum absolute atomic E-state index is 0.255. The van der Waals surface area contributed by atoms with Gasteiger partial charge in [0, 0.05) is 39.3 Å². The van der Waals surface area contributed by atoms with Gasteiger partial charge < -0.3 is 21.3 Å². The Hall–Kier alpha value is -2.78. The molecule has 2 fully saturated rings. The molecule has 0 bridgehead atoms. The average molecular weight is 497 g/mol. The summed E-state index contributed by atoms with van der Waals surface area (Å²) < 4.78 is 5.06. The number of hydrogen-bond donors (Lipinski definition) is 3. The van der Waals surface area contributed by atoms with E-state index in [0.717, 1.165) is 39.3 Å². The molecule has 2 aliphatic rings. The molecular formula is C28H40N4O4. The molecule has 0 aromatic heterocycles. The second kappa shape index (κ2) is 13.0. The van der Waals surface area contributed by atoms with Crippen molar-refractivity contribution in [1.82, 2.24) is 9.80 Å². The smallest absolute Gasteiger partial charge is 0.326 e. The molecule has 0 radical (unpaired) electrons. The number of piperidine rings is 2. The van der Waals surface area contributed by atoms with Gasteiger partial charge in [0.25, 0.3) is 0 Å². The summed E-state index contributed by atoms with van der Waals surface area (Å²) in [5, 5.41) is 9.03. The molecule has 0 amide bonds. The number of carboxylic acid groups (broad SMARTS) is 1. The van der Waals surface area contributed by atoms with Crippen LogP contribution in [-0.4, -0.2) is 70.7 Å². The summed E-state index contributed by atoms with van der Waals surface area (Å²) in [4.78, 5) is 27.4. The fourth-order valence-electron chi connectivity index (χ4n) is 4.60. The van der Waals surface area contributed by atoms with Crippen molar-refractivity contribution in [2.24, 2.45) is 11.5 Å². The highest BCUT2D eigenvalue weighted by Gasteiger charge is 2.39. The molecular weight excluding hydrogens is 456 g/mol. The number of aliphatic carboxylic acids is 1. The van der Waals surface area contributed by atoms with Gasteiger partial charge in [0.15, 0.2) is 0 Å². The van der Waals surface area contributed by atoms with Crippen LogP contribution in [0.1, 0.15) is 43.7 Å². The van der Waals surface area contributed by atoms with Gasteiger partial charge in [0.2, 0.25) is 0 Å². The third kappa shape index (κ3) is 7.86. The zero-order chi connectivity index (χ0) is 26.0. The van der Waals surface area contributed by atoms with Crippen LogP contribution in [0.4, 0.5) is 0 Å². The van der Waals surface area contributed by atoms with Crippen LogP contribution in [-0.2, 0) is 27.4 Å². The van der Waals surface area contributed by atoms with E-state index in [1.165, 1.54) is 11.1 Å². The topological polar surface area (TPSA) is 122 Å². The van der Waals surface area contributed by atoms with E-state index in [-0.39, 0.29) is 5.97 Å². The van der Waals surface area contributed by atoms with Gasteiger partial charge in [-0.1, -0.05) is 60.7 Å². The first-order valence-corrected chi connectivity index (χ1v) is 12.7. The van der Waals surface area contributed by atoms with Crippen LogP contribution in [0.5, 0.6) is 0 Å². The second-order valence-electron chi connectivity index (χ2n) is 9.86. The molecule has 4 rings (SSSR count). The molecule has 5 N–H and O–H groups in total. The Bertz CT molecular complexity index is 954. The monoisotopic (exact) mass is 496 g/mol. The maximum absolute atomic E-state index is 11.8. The number of nitrogens with two attached hydrogens (primary N) is 2. The highest BCUT2D eigenvalue weighted by atomic mass is 16.5. The molecule has 36 heavy (non-hydrogen) atoms. The van der Waals surface area contributed by atoms with Crippen molar-refractivity contribution in [1.29, 1.82) is 0 Å². The van der Waals surface area contributed by atoms with Crippen LogP contribution in [0, 0.1) is 0 Å². The molecule has 2 aliphatic heterocycles. The van der Waals surface area contributed by atoms with Gasteiger partial charge in [-0.2, -0.15) is 0 Å². The number of nitrogens with zero attached hydrogens (tertiary/aromatic N) is 2. The number of carbonyl (C=O) groups is 2. The quantitative estimate of drug-likeness (QED) is 0.500. The zero-order valence-electron chi connectivity index (χ0n) is 21.3. The van der Waals surface area contributed by atoms with E-state index >= 15 is 0 Å². The van der Waals surface area contributed by atoms with Gasteiger partial charge in [0.1, 0.15) is 11.1 Å². The van der Waals surface area contributed by atoms with Crippen LogP contribution < -0.4 is 11.5 Å². The lowest BCUT2D eigenvalue weighted by Gasteiger charge is -2.37. The van der Waals surface area contributed by atoms with Crippen molar-refractivity contribution >= 4 is 11.9 Å². The van der Waals surface area contributed by atoms with Crippen LogP contribution in [0.15, 0.2) is 60.7 Å². The number of ether oxygens (including phenoxy) is 1. The van der Waals surface area contributed by atoms with Gasteiger partial charge in [-0.15, -0.1) is 0 Å². The van der Waals surface area contributed by atoms with Crippen LogP contribution in [0.25, 0.3) is 0 Å². The number of esters is 1. The van der Waals surface area contributed by atoms with Gasteiger partial charge in [-0.3, -0.25) is 19.4 Å². The molecule has 196 valence electrons. The predicted molar refractivity (Wildman–Crippen MR) is 140 cm³/mol. The summed E-state index contributed by atoms with van der Waals surface area (Å²) in [6, 6.07) is 20.6. The van der Waals surface area contributed by atoms with Gasteiger partial charge >= 0.3 is 11.9 Å². The molecule has 0 atom stereocenters. The van der Waals surface area contributed by atoms with Crippen molar-refractivity contribution in [2.75, 3.05) is 32.8 Å². The van der Waals surface area contributed by atoms with E-state index < -0.39 is 17.0 Å². The second-order valence-corrected chi connectivity index (χ2v) is 9.86.